The number of aliphatic carboxylic acids is 1. The van der Waals surface area contributed by atoms with Crippen LogP contribution in [0.1, 0.15) is 40.5 Å². The van der Waals surface area contributed by atoms with E-state index in [-0.39, 0.29) is 27.7 Å². The number of hydrogen-bond acceptors (Lipinski definition) is 5. The zero-order chi connectivity index (χ0) is 35.0. The summed E-state index contributed by atoms with van der Waals surface area (Å²) in [4.78, 5) is 42.2. The van der Waals surface area contributed by atoms with Gasteiger partial charge in [-0.15, -0.1) is 0 Å². The van der Waals surface area contributed by atoms with Crippen LogP contribution in [0.2, 0.25) is 0 Å². The van der Waals surface area contributed by atoms with E-state index in [1.165, 1.54) is 45.3 Å². The van der Waals surface area contributed by atoms with Gasteiger partial charge in [0, 0.05) is 42.0 Å². The highest BCUT2D eigenvalue weighted by molar-refractivity contribution is 5.99. The van der Waals surface area contributed by atoms with E-state index in [9.17, 15) is 54.6 Å². The maximum atomic E-state index is 14.8. The summed E-state index contributed by atoms with van der Waals surface area (Å²) < 4.78 is 112. The lowest BCUT2D eigenvalue weighted by Crippen LogP contribution is -2.43. The van der Waals surface area contributed by atoms with Crippen LogP contribution in [-0.2, 0) is 24.4 Å². The van der Waals surface area contributed by atoms with Gasteiger partial charge in [-0.3, -0.25) is 14.6 Å². The molecule has 2 heterocycles. The van der Waals surface area contributed by atoms with Gasteiger partial charge in [0.25, 0.3) is 11.5 Å². The van der Waals surface area contributed by atoms with Crippen LogP contribution < -0.4 is 16.2 Å². The normalized spacial score (nSPS) is 13.3. The fourth-order valence-electron chi connectivity index (χ4n) is 5.06. The Hall–Kier alpha value is -5.02. The monoisotopic (exact) mass is 670 g/mol. The Bertz CT molecular complexity index is 1900. The lowest BCUT2D eigenvalue weighted by Gasteiger charge is -2.22. The van der Waals surface area contributed by atoms with Gasteiger partial charge in [0.15, 0.2) is 0 Å². The van der Waals surface area contributed by atoms with Crippen molar-refractivity contribution in [3.05, 3.63) is 93.0 Å². The molecule has 0 saturated carbocycles. The molecule has 0 spiro atoms. The Labute approximate surface area is 261 Å². The van der Waals surface area contributed by atoms with E-state index < -0.39 is 88.7 Å². The number of carbonyl (C=O) groups is 2. The van der Waals surface area contributed by atoms with Crippen molar-refractivity contribution >= 4 is 28.5 Å². The van der Waals surface area contributed by atoms with Crippen LogP contribution in [0, 0.1) is 18.6 Å². The second-order valence-corrected chi connectivity index (χ2v) is 10.6. The summed E-state index contributed by atoms with van der Waals surface area (Å²) in [5.41, 5.74) is -4.80. The number of carboxylic acid groups (broad SMARTS) is 1. The van der Waals surface area contributed by atoms with Crippen molar-refractivity contribution in [2.24, 2.45) is 7.05 Å². The first-order valence-electron chi connectivity index (χ1n) is 13.9. The van der Waals surface area contributed by atoms with E-state index >= 15 is 0 Å². The van der Waals surface area contributed by atoms with Gasteiger partial charge in [-0.25, -0.2) is 13.6 Å². The first kappa shape index (κ1) is 34.8. The topological polar surface area (TPSA) is 113 Å². The van der Waals surface area contributed by atoms with Crippen LogP contribution in [-0.4, -0.2) is 44.8 Å². The Kier molecular flexibility index (Phi) is 9.64. The maximum absolute atomic E-state index is 14.8. The van der Waals surface area contributed by atoms with Crippen LogP contribution in [0.25, 0.3) is 22.0 Å². The number of pyridine rings is 2. The third kappa shape index (κ3) is 7.20. The van der Waals surface area contributed by atoms with E-state index in [1.807, 2.05) is 10.6 Å². The number of fused-ring (bicyclic) bond motifs is 1. The molecule has 0 fully saturated rings. The van der Waals surface area contributed by atoms with Gasteiger partial charge < -0.3 is 20.3 Å². The lowest BCUT2D eigenvalue weighted by atomic mass is 9.93. The average molecular weight is 671 g/mol. The summed E-state index contributed by atoms with van der Waals surface area (Å²) >= 11 is 0. The molecule has 0 bridgehead atoms. The SMILES string of the molecule is CCC(Nc1cc(F)c(C(=O)N[C@@H](Cc2ccc(-c3c(C(F)(F)F)cc(C)n(C)c3=O)c3ncccc23)C(=O)O)c(F)c1)C(F)(F)F. The Balaban J connectivity index is 1.70. The Morgan fingerprint density at radius 3 is 2.21 bits per heavy atom. The van der Waals surface area contributed by atoms with Crippen molar-refractivity contribution < 1.29 is 49.8 Å². The number of nitrogens with one attached hydrogen (secondary N) is 2. The number of aryl methyl sites for hydroxylation is 1. The van der Waals surface area contributed by atoms with Crippen molar-refractivity contribution in [1.29, 1.82) is 0 Å². The summed E-state index contributed by atoms with van der Waals surface area (Å²) in [6.07, 6.45) is -9.42. The number of carboxylic acids is 1. The smallest absolute Gasteiger partial charge is 0.417 e. The molecule has 4 aromatic rings. The number of alkyl halides is 6. The molecule has 2 atom stereocenters. The second kappa shape index (κ2) is 13.0. The van der Waals surface area contributed by atoms with E-state index in [4.69, 9.17) is 0 Å². The third-order valence-corrected chi connectivity index (χ3v) is 7.55. The van der Waals surface area contributed by atoms with Crippen LogP contribution in [0.3, 0.4) is 0 Å². The average Bonchev–Trinajstić information content (AvgIpc) is 2.97. The molecular formula is C31H26F8N4O4. The molecule has 2 aromatic heterocycles. The van der Waals surface area contributed by atoms with Crippen LogP contribution in [0.15, 0.2) is 53.5 Å². The molecule has 47 heavy (non-hydrogen) atoms. The molecule has 0 radical (unpaired) electrons. The number of amides is 1. The first-order chi connectivity index (χ1) is 21.8. The first-order valence-corrected chi connectivity index (χ1v) is 13.9. The fraction of sp³-hybridized carbons (Fsp3) is 0.290. The minimum Gasteiger partial charge on any atom is -0.480 e. The molecule has 0 saturated heterocycles. The minimum atomic E-state index is -4.92. The van der Waals surface area contributed by atoms with Gasteiger partial charge in [-0.1, -0.05) is 25.1 Å². The standard InChI is InChI=1S/C31H26F8N4O4/c1-4-23(31(37,38)39)41-16-12-20(32)25(21(33)13-16)27(44)42-22(29(46)47)11-15-7-8-18(26-17(15)6-5-9-40-26)24-19(30(34,35)36)10-14(2)43(3)28(24)45/h5-10,12-13,22-23,41H,4,11H2,1-3H3,(H,42,44)(H,46,47)/t22-,23?/m0/s1. The Morgan fingerprint density at radius 1 is 1.02 bits per heavy atom. The van der Waals surface area contributed by atoms with Crippen molar-refractivity contribution in [2.75, 3.05) is 5.32 Å². The number of carbonyl (C=O) groups excluding carboxylic acids is 1. The number of benzene rings is 2. The van der Waals surface area contributed by atoms with Gasteiger partial charge in [0.1, 0.15) is 29.3 Å². The number of aromatic nitrogens is 2. The quantitative estimate of drug-likeness (QED) is 0.178. The van der Waals surface area contributed by atoms with E-state index in [0.29, 0.717) is 12.1 Å². The summed E-state index contributed by atoms with van der Waals surface area (Å²) in [6.45, 7) is 2.53. The lowest BCUT2D eigenvalue weighted by molar-refractivity contribution is -0.143. The van der Waals surface area contributed by atoms with Crippen LogP contribution >= 0.6 is 0 Å². The molecule has 0 aliphatic carbocycles. The van der Waals surface area contributed by atoms with Gasteiger partial charge in [0.05, 0.1) is 16.6 Å². The molecule has 16 heteroatoms. The predicted molar refractivity (Wildman–Crippen MR) is 155 cm³/mol. The maximum Gasteiger partial charge on any atom is 0.417 e. The fourth-order valence-corrected chi connectivity index (χ4v) is 5.06. The van der Waals surface area contributed by atoms with Gasteiger partial charge in [0.2, 0.25) is 0 Å². The number of nitrogens with zero attached hydrogens (tertiary/aromatic N) is 2. The summed E-state index contributed by atoms with van der Waals surface area (Å²) in [7, 11) is 1.30. The van der Waals surface area contributed by atoms with Crippen LogP contribution in [0.5, 0.6) is 0 Å². The van der Waals surface area contributed by atoms with Gasteiger partial charge >= 0.3 is 18.3 Å². The van der Waals surface area contributed by atoms with E-state index in [2.05, 4.69) is 4.98 Å². The molecular weight excluding hydrogens is 644 g/mol. The predicted octanol–water partition coefficient (Wildman–Crippen LogP) is 6.38. The highest BCUT2D eigenvalue weighted by atomic mass is 19.4. The summed E-state index contributed by atoms with van der Waals surface area (Å²) in [5, 5.41) is 13.9. The molecule has 1 unspecified atom stereocenters. The number of halogens is 8. The van der Waals surface area contributed by atoms with Crippen molar-refractivity contribution in [3.63, 3.8) is 0 Å². The molecule has 3 N–H and O–H groups in total. The largest absolute Gasteiger partial charge is 0.480 e. The van der Waals surface area contributed by atoms with E-state index in [0.717, 1.165) is 16.7 Å². The van der Waals surface area contributed by atoms with Crippen molar-refractivity contribution in [3.8, 4) is 11.1 Å². The molecule has 2 aromatic carbocycles. The molecule has 250 valence electrons. The van der Waals surface area contributed by atoms with Crippen molar-refractivity contribution in [2.45, 2.75) is 51.1 Å². The number of hydrogen-bond donors (Lipinski definition) is 3. The highest BCUT2D eigenvalue weighted by Gasteiger charge is 2.39. The van der Waals surface area contributed by atoms with Gasteiger partial charge in [-0.05, 0) is 43.2 Å². The molecule has 0 aliphatic heterocycles. The molecule has 8 nitrogen and oxygen atoms in total. The Morgan fingerprint density at radius 2 is 1.66 bits per heavy atom. The van der Waals surface area contributed by atoms with Crippen molar-refractivity contribution in [1.82, 2.24) is 14.9 Å². The zero-order valence-corrected chi connectivity index (χ0v) is 24.8. The number of rotatable bonds is 9. The van der Waals surface area contributed by atoms with Gasteiger partial charge in [-0.2, -0.15) is 26.3 Å². The number of anilines is 1. The molecule has 1 amide bonds. The molecule has 4 rings (SSSR count). The highest BCUT2D eigenvalue weighted by Crippen LogP contribution is 2.38. The summed E-state index contributed by atoms with van der Waals surface area (Å²) in [5.74, 6) is -6.31. The second-order valence-electron chi connectivity index (χ2n) is 10.6. The summed E-state index contributed by atoms with van der Waals surface area (Å²) in [6, 6.07) is 2.97. The minimum absolute atomic E-state index is 0.0465. The molecule has 0 aliphatic rings. The van der Waals surface area contributed by atoms with E-state index in [1.54, 1.807) is 0 Å². The third-order valence-electron chi connectivity index (χ3n) is 7.55. The zero-order valence-electron chi connectivity index (χ0n) is 24.8. The van der Waals surface area contributed by atoms with Crippen LogP contribution in [0.4, 0.5) is 40.8 Å².